The van der Waals surface area contributed by atoms with Crippen molar-refractivity contribution in [1.29, 1.82) is 10.5 Å². The lowest BCUT2D eigenvalue weighted by Crippen LogP contribution is -2.34. The number of hydrogen-bond donors (Lipinski definition) is 2. The van der Waals surface area contributed by atoms with Gasteiger partial charge in [0.25, 0.3) is 0 Å². The number of aliphatic hydroxyl groups is 1. The molecule has 1 saturated heterocycles. The Morgan fingerprint density at radius 3 is 2.26 bits per heavy atom. The van der Waals surface area contributed by atoms with Gasteiger partial charge in [0.1, 0.15) is 18.6 Å². The average Bonchev–Trinajstić information content (AvgIpc) is 3.37. The molecule has 2 aliphatic rings. The molecule has 1 saturated carbocycles. The maximum atomic E-state index is 12.5. The van der Waals surface area contributed by atoms with Gasteiger partial charge in [0.15, 0.2) is 6.19 Å². The van der Waals surface area contributed by atoms with Crippen LogP contribution in [0.4, 0.5) is 14.5 Å². The zero-order valence-corrected chi connectivity index (χ0v) is 25.5. The molecule has 9 nitrogen and oxygen atoms in total. The Balaban J connectivity index is 0.000000265. The first-order valence-electron chi connectivity index (χ1n) is 14.3. The largest absolute Gasteiger partial charge is 0.391 e. The molecule has 0 spiro atoms. The Bertz CT molecular complexity index is 1260. The van der Waals surface area contributed by atoms with Crippen LogP contribution in [0.2, 0.25) is 0 Å². The number of carbonyl (C=O) groups is 2. The van der Waals surface area contributed by atoms with Crippen LogP contribution in [0.3, 0.4) is 0 Å². The highest BCUT2D eigenvalue weighted by molar-refractivity contribution is 5.70. The number of nitrogens with zero attached hydrogens (tertiary/aromatic N) is 5. The van der Waals surface area contributed by atoms with E-state index in [4.69, 9.17) is 10.4 Å². The Labute approximate surface area is 253 Å². The molecule has 1 aliphatic heterocycles. The number of aromatic nitrogens is 1. The van der Waals surface area contributed by atoms with Crippen LogP contribution in [-0.2, 0) is 15.0 Å². The van der Waals surface area contributed by atoms with Crippen molar-refractivity contribution in [2.24, 2.45) is 0 Å². The van der Waals surface area contributed by atoms with Crippen molar-refractivity contribution in [1.82, 2.24) is 15.2 Å². The van der Waals surface area contributed by atoms with Crippen molar-refractivity contribution in [3.8, 4) is 12.3 Å². The van der Waals surface area contributed by atoms with Crippen LogP contribution in [0, 0.1) is 22.8 Å². The third-order valence-corrected chi connectivity index (χ3v) is 7.71. The van der Waals surface area contributed by atoms with Gasteiger partial charge in [-0.1, -0.05) is 32.9 Å². The molecule has 1 aliphatic carbocycles. The first kappa shape index (κ1) is 35.3. The summed E-state index contributed by atoms with van der Waals surface area (Å²) in [7, 11) is 3.67. The van der Waals surface area contributed by atoms with Crippen LogP contribution in [0.5, 0.6) is 0 Å². The van der Waals surface area contributed by atoms with Gasteiger partial charge < -0.3 is 24.9 Å². The lowest BCUT2D eigenvalue weighted by molar-refractivity contribution is -0.111. The second-order valence-corrected chi connectivity index (χ2v) is 11.8. The molecule has 1 aromatic heterocycles. The highest BCUT2D eigenvalue weighted by Gasteiger charge is 2.34. The van der Waals surface area contributed by atoms with Crippen molar-refractivity contribution in [3.63, 3.8) is 0 Å². The monoisotopic (exact) mass is 596 g/mol. The van der Waals surface area contributed by atoms with Gasteiger partial charge in [-0.2, -0.15) is 10.5 Å². The zero-order chi connectivity index (χ0) is 32.2. The normalized spacial score (nSPS) is 20.2. The minimum atomic E-state index is -2.38. The molecule has 0 bridgehead atoms. The third kappa shape index (κ3) is 10.4. The fourth-order valence-electron chi connectivity index (χ4n) is 4.89. The summed E-state index contributed by atoms with van der Waals surface area (Å²) in [6.45, 7) is 6.78. The molecule has 2 heterocycles. The van der Waals surface area contributed by atoms with E-state index >= 15 is 0 Å². The van der Waals surface area contributed by atoms with Crippen LogP contribution in [0.1, 0.15) is 75.6 Å². The van der Waals surface area contributed by atoms with Crippen LogP contribution >= 0.6 is 0 Å². The number of benzene rings is 1. The maximum absolute atomic E-state index is 12.5. The lowest BCUT2D eigenvalue weighted by atomic mass is 9.87. The van der Waals surface area contributed by atoms with E-state index in [9.17, 15) is 23.6 Å². The minimum Gasteiger partial charge on any atom is -0.391 e. The number of β-amino-alcohol motifs (C(OH)–C–C–N with tert-alkyl or cyclic N) is 1. The highest BCUT2D eigenvalue weighted by Crippen LogP contribution is 2.33. The molecule has 0 radical (unpaired) electrons. The molecule has 11 heteroatoms. The quantitative estimate of drug-likeness (QED) is 0.365. The van der Waals surface area contributed by atoms with Gasteiger partial charge in [-0.15, -0.1) is 0 Å². The van der Waals surface area contributed by atoms with Crippen molar-refractivity contribution in [2.75, 3.05) is 25.5 Å². The van der Waals surface area contributed by atoms with Crippen LogP contribution < -0.4 is 10.2 Å². The second kappa shape index (κ2) is 16.1. The summed E-state index contributed by atoms with van der Waals surface area (Å²) in [4.78, 5) is 29.0. The van der Waals surface area contributed by atoms with E-state index in [1.54, 1.807) is 18.5 Å². The third-order valence-electron chi connectivity index (χ3n) is 7.71. The Kier molecular flexibility index (Phi) is 13.2. The van der Waals surface area contributed by atoms with Gasteiger partial charge in [-0.3, -0.25) is 9.88 Å². The van der Waals surface area contributed by atoms with Crippen molar-refractivity contribution >= 4 is 18.3 Å². The summed E-state index contributed by atoms with van der Waals surface area (Å²) in [6, 6.07) is 11.3. The Morgan fingerprint density at radius 1 is 1.16 bits per heavy atom. The number of alkyl halides is 2. The van der Waals surface area contributed by atoms with Crippen LogP contribution in [0.15, 0.2) is 42.7 Å². The number of halogens is 2. The number of aliphatic hydroxyl groups excluding tert-OH is 1. The summed E-state index contributed by atoms with van der Waals surface area (Å²) in [5.41, 5.74) is 3.32. The number of hydrogen-bond acceptors (Lipinski definition) is 9. The summed E-state index contributed by atoms with van der Waals surface area (Å²) in [5, 5.41) is 29.6. The van der Waals surface area contributed by atoms with E-state index in [0.717, 1.165) is 12.0 Å². The average molecular weight is 597 g/mol. The molecule has 2 N–H and O–H groups in total. The number of pyridine rings is 1. The molecule has 4 rings (SSSR count). The topological polar surface area (TPSA) is 133 Å². The molecule has 43 heavy (non-hydrogen) atoms. The maximum Gasteiger partial charge on any atom is 0.248 e. The molecular weight excluding hydrogens is 554 g/mol. The van der Waals surface area contributed by atoms with Crippen LogP contribution in [-0.4, -0.2) is 72.3 Å². The van der Waals surface area contributed by atoms with Gasteiger partial charge in [0.05, 0.1) is 30.3 Å². The number of nitriles is 2. The van der Waals surface area contributed by atoms with Crippen LogP contribution in [0.25, 0.3) is 0 Å². The summed E-state index contributed by atoms with van der Waals surface area (Å²) >= 11 is 0. The van der Waals surface area contributed by atoms with E-state index in [1.165, 1.54) is 10.5 Å². The predicted octanol–water partition coefficient (Wildman–Crippen LogP) is 4.51. The second-order valence-electron chi connectivity index (χ2n) is 11.8. The number of likely N-dealkylation sites (tertiary alicyclic amines) is 1. The Hall–Kier alpha value is -3.93. The molecule has 2 fully saturated rings. The molecular formula is C32H42F2N6O3. The standard InChI is InChI=1S/C19H21N3O.C7H13F2N.C6H8N2O2/c1-19(2,3)15-5-7-16(8-6-15)22(4)18(13-23)17-12-21-10-9-14(17)11-20;1-10-6-2-4-7(8,9)5-3-6;7-4-8-2-6(10)1-5(8)3-9/h5-10,12-13,18H,1-4H3;6,10H,2-5H2,1H3;3,5-6,10H,1-2H2. The van der Waals surface area contributed by atoms with Gasteiger partial charge in [0.2, 0.25) is 5.92 Å². The molecule has 0 amide bonds. The van der Waals surface area contributed by atoms with Gasteiger partial charge >= 0.3 is 0 Å². The SMILES string of the molecule is CN(c1ccc(C(C)(C)C)cc1)C(C=O)c1cnccc1C#N.CNC1CCC(F)(F)CC1.N#CN1CC(O)CC1C=O. The number of nitrogens with one attached hydrogen (secondary N) is 1. The van der Waals surface area contributed by atoms with Gasteiger partial charge in [0, 0.05) is 56.0 Å². The molecule has 1 aromatic carbocycles. The zero-order valence-electron chi connectivity index (χ0n) is 25.5. The van der Waals surface area contributed by atoms with Crippen molar-refractivity contribution in [3.05, 3.63) is 59.4 Å². The highest BCUT2D eigenvalue weighted by atomic mass is 19.3. The number of carbonyl (C=O) groups excluding carboxylic acids is 2. The fourth-order valence-corrected chi connectivity index (χ4v) is 4.89. The smallest absolute Gasteiger partial charge is 0.248 e. The number of aldehydes is 2. The molecule has 232 valence electrons. The summed E-state index contributed by atoms with van der Waals surface area (Å²) < 4.78 is 25.0. The molecule has 3 atom stereocenters. The summed E-state index contributed by atoms with van der Waals surface area (Å²) in [5.74, 6) is -2.38. The van der Waals surface area contributed by atoms with Crippen molar-refractivity contribution < 1.29 is 23.5 Å². The number of likely N-dealkylation sites (N-methyl/N-ethyl adjacent to an activating group) is 1. The Morgan fingerprint density at radius 2 is 1.79 bits per heavy atom. The van der Waals surface area contributed by atoms with E-state index in [2.05, 4.69) is 49.3 Å². The lowest BCUT2D eigenvalue weighted by Gasteiger charge is -2.27. The first-order chi connectivity index (χ1) is 20.3. The van der Waals surface area contributed by atoms with Gasteiger partial charge in [-0.25, -0.2) is 8.78 Å². The molecule has 3 unspecified atom stereocenters. The number of rotatable bonds is 6. The minimum absolute atomic E-state index is 0.0541. The van der Waals surface area contributed by atoms with Crippen molar-refractivity contribution in [2.45, 2.75) is 88.4 Å². The fraction of sp³-hybridized carbons (Fsp3) is 0.531. The number of anilines is 1. The molecule has 2 aromatic rings. The predicted molar refractivity (Wildman–Crippen MR) is 160 cm³/mol. The van der Waals surface area contributed by atoms with E-state index in [-0.39, 0.29) is 18.3 Å². The first-order valence-corrected chi connectivity index (χ1v) is 14.3. The van der Waals surface area contributed by atoms with E-state index in [1.807, 2.05) is 37.3 Å². The van der Waals surface area contributed by atoms with Gasteiger partial charge in [-0.05, 0) is 49.1 Å². The van der Waals surface area contributed by atoms with E-state index in [0.29, 0.717) is 49.3 Å². The summed E-state index contributed by atoms with van der Waals surface area (Å²) in [6.07, 6.45) is 7.72. The van der Waals surface area contributed by atoms with E-state index < -0.39 is 24.1 Å².